The lowest BCUT2D eigenvalue weighted by atomic mass is 10.2. The van der Waals surface area contributed by atoms with Gasteiger partial charge in [0.1, 0.15) is 5.82 Å². The molecule has 0 saturated carbocycles. The number of halogens is 1. The van der Waals surface area contributed by atoms with E-state index in [1.165, 1.54) is 23.9 Å². The summed E-state index contributed by atoms with van der Waals surface area (Å²) >= 11 is 1.53. The molecule has 28 heavy (non-hydrogen) atoms. The number of benzene rings is 2. The van der Waals surface area contributed by atoms with Crippen LogP contribution in [0.25, 0.3) is 17.1 Å². The van der Waals surface area contributed by atoms with Crippen molar-refractivity contribution in [3.8, 4) is 23.1 Å². The Kier molecular flexibility index (Phi) is 5.13. The van der Waals surface area contributed by atoms with E-state index in [4.69, 9.17) is 5.26 Å². The van der Waals surface area contributed by atoms with Crippen LogP contribution in [0, 0.1) is 17.1 Å². The quantitative estimate of drug-likeness (QED) is 0.467. The molecule has 0 radical (unpaired) electrons. The molecule has 0 unspecified atom stereocenters. The lowest BCUT2D eigenvalue weighted by molar-refractivity contribution is 0.627. The van der Waals surface area contributed by atoms with Gasteiger partial charge in [0.25, 0.3) is 0 Å². The highest BCUT2D eigenvalue weighted by molar-refractivity contribution is 7.98. The monoisotopic (exact) mass is 387 g/mol. The van der Waals surface area contributed by atoms with Crippen LogP contribution in [0.15, 0.2) is 78.2 Å². The van der Waals surface area contributed by atoms with Gasteiger partial charge in [-0.1, -0.05) is 23.9 Å². The summed E-state index contributed by atoms with van der Waals surface area (Å²) in [5.74, 6) is 1.03. The zero-order valence-corrected chi connectivity index (χ0v) is 15.5. The molecule has 0 spiro atoms. The summed E-state index contributed by atoms with van der Waals surface area (Å²) in [5, 5.41) is 18.3. The fourth-order valence-electron chi connectivity index (χ4n) is 2.70. The molecule has 0 N–H and O–H groups in total. The Labute approximate surface area is 165 Å². The standard InChI is InChI=1S/C21H14FN5S/c22-18-5-7-19(8-6-18)27-20(17-9-11-24-12-10-17)25-26-21(27)28-14-16-3-1-15(13-23)2-4-16/h1-12H,14H2. The minimum atomic E-state index is -0.297. The molecule has 0 aliphatic heterocycles. The fraction of sp³-hybridized carbons (Fsp3) is 0.0476. The van der Waals surface area contributed by atoms with E-state index in [-0.39, 0.29) is 5.82 Å². The van der Waals surface area contributed by atoms with E-state index in [2.05, 4.69) is 21.3 Å². The molecule has 136 valence electrons. The lowest BCUT2D eigenvalue weighted by Gasteiger charge is -2.10. The van der Waals surface area contributed by atoms with Gasteiger partial charge >= 0.3 is 0 Å². The third-order valence-electron chi connectivity index (χ3n) is 4.11. The first-order valence-electron chi connectivity index (χ1n) is 8.48. The SMILES string of the molecule is N#Cc1ccc(CSc2nnc(-c3ccncc3)n2-c2ccc(F)cc2)cc1. The summed E-state index contributed by atoms with van der Waals surface area (Å²) in [6, 6.07) is 19.5. The molecule has 0 fully saturated rings. The molecule has 0 atom stereocenters. The fourth-order valence-corrected chi connectivity index (χ4v) is 3.61. The second-order valence-electron chi connectivity index (χ2n) is 5.95. The van der Waals surface area contributed by atoms with Crippen molar-refractivity contribution in [2.24, 2.45) is 0 Å². The first kappa shape index (κ1) is 17.9. The van der Waals surface area contributed by atoms with Crippen molar-refractivity contribution in [3.63, 3.8) is 0 Å². The Balaban J connectivity index is 1.69. The van der Waals surface area contributed by atoms with E-state index in [0.717, 1.165) is 16.8 Å². The Morgan fingerprint density at radius 1 is 0.929 bits per heavy atom. The second-order valence-corrected chi connectivity index (χ2v) is 6.89. The summed E-state index contributed by atoms with van der Waals surface area (Å²) in [6.07, 6.45) is 3.39. The van der Waals surface area contributed by atoms with Gasteiger partial charge in [-0.3, -0.25) is 9.55 Å². The van der Waals surface area contributed by atoms with Crippen LogP contribution in [0.1, 0.15) is 11.1 Å². The van der Waals surface area contributed by atoms with Crippen LogP contribution in [0.5, 0.6) is 0 Å². The Bertz CT molecular complexity index is 1120. The zero-order valence-electron chi connectivity index (χ0n) is 14.7. The van der Waals surface area contributed by atoms with Crippen LogP contribution in [0.3, 0.4) is 0 Å². The summed E-state index contributed by atoms with van der Waals surface area (Å²) in [4.78, 5) is 4.05. The molecule has 2 aromatic carbocycles. The molecular formula is C21H14FN5S. The molecule has 0 bridgehead atoms. The molecule has 2 heterocycles. The summed E-state index contributed by atoms with van der Waals surface area (Å²) in [5.41, 5.74) is 3.35. The zero-order chi connectivity index (χ0) is 19.3. The average molecular weight is 387 g/mol. The molecule has 4 rings (SSSR count). The van der Waals surface area contributed by atoms with Crippen LogP contribution in [0.4, 0.5) is 4.39 Å². The molecule has 0 saturated heterocycles. The average Bonchev–Trinajstić information content (AvgIpc) is 3.18. The third-order valence-corrected chi connectivity index (χ3v) is 5.11. The summed E-state index contributed by atoms with van der Waals surface area (Å²) in [6.45, 7) is 0. The van der Waals surface area contributed by atoms with Gasteiger partial charge in [-0.15, -0.1) is 10.2 Å². The van der Waals surface area contributed by atoms with Crippen molar-refractivity contribution in [1.29, 1.82) is 5.26 Å². The smallest absolute Gasteiger partial charge is 0.196 e. The highest BCUT2D eigenvalue weighted by atomic mass is 32.2. The number of hydrogen-bond acceptors (Lipinski definition) is 5. The van der Waals surface area contributed by atoms with Crippen molar-refractivity contribution < 1.29 is 4.39 Å². The molecule has 0 amide bonds. The van der Waals surface area contributed by atoms with Gasteiger partial charge in [0.05, 0.1) is 11.6 Å². The number of pyridine rings is 1. The van der Waals surface area contributed by atoms with Crippen LogP contribution in [-0.4, -0.2) is 19.7 Å². The van der Waals surface area contributed by atoms with Gasteiger partial charge in [-0.25, -0.2) is 4.39 Å². The van der Waals surface area contributed by atoms with Gasteiger partial charge in [-0.05, 0) is 54.1 Å². The molecular weight excluding hydrogens is 373 g/mol. The first-order chi connectivity index (χ1) is 13.7. The molecule has 4 aromatic rings. The van der Waals surface area contributed by atoms with Crippen LogP contribution in [-0.2, 0) is 5.75 Å². The maximum Gasteiger partial charge on any atom is 0.196 e. The summed E-state index contributed by atoms with van der Waals surface area (Å²) < 4.78 is 15.3. The number of hydrogen-bond donors (Lipinski definition) is 0. The number of thioether (sulfide) groups is 1. The van der Waals surface area contributed by atoms with Gasteiger partial charge < -0.3 is 0 Å². The normalized spacial score (nSPS) is 10.6. The van der Waals surface area contributed by atoms with E-state index in [1.54, 1.807) is 36.7 Å². The van der Waals surface area contributed by atoms with Gasteiger partial charge in [-0.2, -0.15) is 5.26 Å². The highest BCUT2D eigenvalue weighted by Gasteiger charge is 2.16. The number of nitrogens with zero attached hydrogens (tertiary/aromatic N) is 5. The predicted octanol–water partition coefficient (Wildman–Crippen LogP) is 4.63. The van der Waals surface area contributed by atoms with Crippen molar-refractivity contribution in [2.75, 3.05) is 0 Å². The van der Waals surface area contributed by atoms with Crippen molar-refractivity contribution >= 4 is 11.8 Å². The Hall–Kier alpha value is -3.50. The number of nitriles is 1. The van der Waals surface area contributed by atoms with Gasteiger partial charge in [0.2, 0.25) is 0 Å². The van der Waals surface area contributed by atoms with Gasteiger partial charge in [0.15, 0.2) is 11.0 Å². The highest BCUT2D eigenvalue weighted by Crippen LogP contribution is 2.29. The molecule has 0 aliphatic carbocycles. The molecule has 5 nitrogen and oxygen atoms in total. The molecule has 7 heteroatoms. The van der Waals surface area contributed by atoms with E-state index >= 15 is 0 Å². The van der Waals surface area contributed by atoms with Gasteiger partial charge in [0, 0.05) is 29.4 Å². The maximum atomic E-state index is 13.4. The first-order valence-corrected chi connectivity index (χ1v) is 9.47. The van der Waals surface area contributed by atoms with Crippen LogP contribution in [0.2, 0.25) is 0 Å². The number of aromatic nitrogens is 4. The summed E-state index contributed by atoms with van der Waals surface area (Å²) in [7, 11) is 0. The van der Waals surface area contributed by atoms with Crippen molar-refractivity contribution in [2.45, 2.75) is 10.9 Å². The largest absolute Gasteiger partial charge is 0.270 e. The Morgan fingerprint density at radius 3 is 2.32 bits per heavy atom. The van der Waals surface area contributed by atoms with Crippen molar-refractivity contribution in [3.05, 3.63) is 90.0 Å². The minimum Gasteiger partial charge on any atom is -0.270 e. The predicted molar refractivity (Wildman–Crippen MR) is 105 cm³/mol. The van der Waals surface area contributed by atoms with Crippen LogP contribution >= 0.6 is 11.8 Å². The lowest BCUT2D eigenvalue weighted by Crippen LogP contribution is -2.00. The minimum absolute atomic E-state index is 0.297. The number of rotatable bonds is 5. The maximum absolute atomic E-state index is 13.4. The Morgan fingerprint density at radius 2 is 1.64 bits per heavy atom. The molecule has 0 aliphatic rings. The topological polar surface area (TPSA) is 67.4 Å². The second kappa shape index (κ2) is 8.03. The van der Waals surface area contributed by atoms with Crippen molar-refractivity contribution in [1.82, 2.24) is 19.7 Å². The van der Waals surface area contributed by atoms with E-state index in [9.17, 15) is 4.39 Å². The van der Waals surface area contributed by atoms with E-state index in [0.29, 0.717) is 22.3 Å². The van der Waals surface area contributed by atoms with E-state index in [1.807, 2.05) is 28.8 Å². The molecule has 2 aromatic heterocycles. The van der Waals surface area contributed by atoms with E-state index < -0.39 is 0 Å². The van der Waals surface area contributed by atoms with Crippen LogP contribution < -0.4 is 0 Å². The third kappa shape index (κ3) is 3.77.